The Morgan fingerprint density at radius 1 is 1.31 bits per heavy atom. The van der Waals surface area contributed by atoms with Crippen molar-refractivity contribution in [1.82, 2.24) is 4.90 Å². The van der Waals surface area contributed by atoms with Gasteiger partial charge in [0.15, 0.2) is 6.29 Å². The van der Waals surface area contributed by atoms with Crippen molar-refractivity contribution in [3.8, 4) is 0 Å². The Morgan fingerprint density at radius 3 is 2.50 bits per heavy atom. The lowest BCUT2D eigenvalue weighted by Crippen LogP contribution is -2.26. The zero-order valence-electron chi connectivity index (χ0n) is 9.47. The highest BCUT2D eigenvalue weighted by Crippen LogP contribution is 2.24. The van der Waals surface area contributed by atoms with E-state index in [4.69, 9.17) is 0 Å². The standard InChI is InChI=1S/C12H15NO2S/c1-3-13(4-2)12(15)16-11-8-6-5-7-10(11)9-14/h5-9H,3-4H2,1-2H3. The molecule has 0 aromatic heterocycles. The molecule has 4 heteroatoms. The summed E-state index contributed by atoms with van der Waals surface area (Å²) in [5.74, 6) is 0. The zero-order valence-corrected chi connectivity index (χ0v) is 10.3. The van der Waals surface area contributed by atoms with Crippen LogP contribution in [0, 0.1) is 0 Å². The molecule has 0 atom stereocenters. The van der Waals surface area contributed by atoms with E-state index in [2.05, 4.69) is 0 Å². The molecule has 3 nitrogen and oxygen atoms in total. The molecule has 0 saturated carbocycles. The summed E-state index contributed by atoms with van der Waals surface area (Å²) in [4.78, 5) is 25.0. The number of hydrogen-bond acceptors (Lipinski definition) is 3. The van der Waals surface area contributed by atoms with Gasteiger partial charge in [-0.25, -0.2) is 0 Å². The van der Waals surface area contributed by atoms with E-state index < -0.39 is 0 Å². The van der Waals surface area contributed by atoms with E-state index in [0.29, 0.717) is 18.7 Å². The van der Waals surface area contributed by atoms with Crippen LogP contribution in [-0.4, -0.2) is 29.5 Å². The van der Waals surface area contributed by atoms with Gasteiger partial charge in [0.05, 0.1) is 0 Å². The Bertz CT molecular complexity index is 375. The molecule has 0 spiro atoms. The second-order valence-electron chi connectivity index (χ2n) is 3.20. The third-order valence-electron chi connectivity index (χ3n) is 2.26. The fraction of sp³-hybridized carbons (Fsp3) is 0.333. The van der Waals surface area contributed by atoms with Gasteiger partial charge < -0.3 is 4.90 Å². The van der Waals surface area contributed by atoms with Crippen LogP contribution in [-0.2, 0) is 0 Å². The van der Waals surface area contributed by atoms with Gasteiger partial charge in [-0.05, 0) is 31.7 Å². The van der Waals surface area contributed by atoms with Crippen molar-refractivity contribution in [2.75, 3.05) is 13.1 Å². The van der Waals surface area contributed by atoms with Gasteiger partial charge in [-0.15, -0.1) is 0 Å². The van der Waals surface area contributed by atoms with Crippen molar-refractivity contribution in [2.45, 2.75) is 18.7 Å². The fourth-order valence-corrected chi connectivity index (χ4v) is 2.27. The molecule has 0 saturated heterocycles. The van der Waals surface area contributed by atoms with E-state index in [0.717, 1.165) is 22.9 Å². The summed E-state index contributed by atoms with van der Waals surface area (Å²) in [5, 5.41) is -0.0145. The normalized spacial score (nSPS) is 9.88. The predicted octanol–water partition coefficient (Wildman–Crippen LogP) is 3.05. The highest BCUT2D eigenvalue weighted by atomic mass is 32.2. The monoisotopic (exact) mass is 237 g/mol. The van der Waals surface area contributed by atoms with Crippen molar-refractivity contribution in [1.29, 1.82) is 0 Å². The van der Waals surface area contributed by atoms with Crippen LogP contribution in [0.5, 0.6) is 0 Å². The van der Waals surface area contributed by atoms with E-state index in [1.807, 2.05) is 19.9 Å². The van der Waals surface area contributed by atoms with E-state index in [9.17, 15) is 9.59 Å². The average Bonchev–Trinajstić information content (AvgIpc) is 2.31. The molecule has 0 radical (unpaired) electrons. The lowest BCUT2D eigenvalue weighted by Gasteiger charge is -2.17. The van der Waals surface area contributed by atoms with Crippen LogP contribution < -0.4 is 0 Å². The van der Waals surface area contributed by atoms with E-state index in [1.165, 1.54) is 0 Å². The number of thioether (sulfide) groups is 1. The summed E-state index contributed by atoms with van der Waals surface area (Å²) >= 11 is 1.11. The Labute approximate surface area is 99.8 Å². The topological polar surface area (TPSA) is 37.4 Å². The molecule has 16 heavy (non-hydrogen) atoms. The minimum absolute atomic E-state index is 0.0145. The molecular weight excluding hydrogens is 222 g/mol. The summed E-state index contributed by atoms with van der Waals surface area (Å²) in [6, 6.07) is 7.11. The molecule has 0 aliphatic carbocycles. The number of amides is 1. The minimum Gasteiger partial charge on any atom is -0.334 e. The van der Waals surface area contributed by atoms with Gasteiger partial charge in [0, 0.05) is 23.5 Å². The third-order valence-corrected chi connectivity index (χ3v) is 3.29. The molecule has 0 N–H and O–H groups in total. The second-order valence-corrected chi connectivity index (χ2v) is 4.19. The van der Waals surface area contributed by atoms with Gasteiger partial charge in [0.25, 0.3) is 5.24 Å². The molecule has 1 aromatic carbocycles. The first kappa shape index (κ1) is 12.8. The lowest BCUT2D eigenvalue weighted by molar-refractivity contribution is 0.112. The Kier molecular flexibility index (Phi) is 5.05. The maximum Gasteiger partial charge on any atom is 0.286 e. The maximum atomic E-state index is 11.8. The van der Waals surface area contributed by atoms with Gasteiger partial charge >= 0.3 is 0 Å². The maximum absolute atomic E-state index is 11.8. The first-order valence-electron chi connectivity index (χ1n) is 5.23. The zero-order chi connectivity index (χ0) is 12.0. The van der Waals surface area contributed by atoms with Gasteiger partial charge in [-0.3, -0.25) is 9.59 Å². The summed E-state index contributed by atoms with van der Waals surface area (Å²) in [7, 11) is 0. The Balaban J connectivity index is 2.80. The summed E-state index contributed by atoms with van der Waals surface area (Å²) in [6.07, 6.45) is 0.776. The summed E-state index contributed by atoms with van der Waals surface area (Å²) < 4.78 is 0. The molecule has 1 amide bonds. The van der Waals surface area contributed by atoms with Crippen LogP contribution in [0.25, 0.3) is 0 Å². The Hall–Kier alpha value is -1.29. The van der Waals surface area contributed by atoms with Gasteiger partial charge in [0.2, 0.25) is 0 Å². The summed E-state index contributed by atoms with van der Waals surface area (Å²) in [6.45, 7) is 5.25. The van der Waals surface area contributed by atoms with E-state index in [1.54, 1.807) is 23.1 Å². The number of carbonyl (C=O) groups excluding carboxylic acids is 2. The van der Waals surface area contributed by atoms with Crippen molar-refractivity contribution < 1.29 is 9.59 Å². The van der Waals surface area contributed by atoms with Gasteiger partial charge in [-0.1, -0.05) is 18.2 Å². The van der Waals surface area contributed by atoms with Crippen LogP contribution in [0.4, 0.5) is 4.79 Å². The molecule has 0 unspecified atom stereocenters. The summed E-state index contributed by atoms with van der Waals surface area (Å²) in [5.41, 5.74) is 0.563. The number of nitrogens with zero attached hydrogens (tertiary/aromatic N) is 1. The highest BCUT2D eigenvalue weighted by Gasteiger charge is 2.13. The molecule has 86 valence electrons. The van der Waals surface area contributed by atoms with Crippen LogP contribution in [0.1, 0.15) is 24.2 Å². The molecule has 0 aliphatic rings. The van der Waals surface area contributed by atoms with Crippen LogP contribution in [0.15, 0.2) is 29.2 Å². The number of benzene rings is 1. The number of rotatable bonds is 4. The molecule has 1 aromatic rings. The molecule has 1 rings (SSSR count). The van der Waals surface area contributed by atoms with Crippen molar-refractivity contribution in [3.63, 3.8) is 0 Å². The number of hydrogen-bond donors (Lipinski definition) is 0. The predicted molar refractivity (Wildman–Crippen MR) is 66.0 cm³/mol. The number of aldehydes is 1. The quantitative estimate of drug-likeness (QED) is 0.596. The molecule has 0 fully saturated rings. The van der Waals surface area contributed by atoms with Gasteiger partial charge in [0.1, 0.15) is 0 Å². The molecule has 0 aliphatic heterocycles. The largest absolute Gasteiger partial charge is 0.334 e. The van der Waals surface area contributed by atoms with Gasteiger partial charge in [-0.2, -0.15) is 0 Å². The van der Waals surface area contributed by atoms with Crippen LogP contribution in [0.2, 0.25) is 0 Å². The van der Waals surface area contributed by atoms with E-state index >= 15 is 0 Å². The Morgan fingerprint density at radius 2 is 1.94 bits per heavy atom. The smallest absolute Gasteiger partial charge is 0.286 e. The highest BCUT2D eigenvalue weighted by molar-refractivity contribution is 8.13. The van der Waals surface area contributed by atoms with Crippen LogP contribution in [0.3, 0.4) is 0 Å². The lowest BCUT2D eigenvalue weighted by atomic mass is 10.2. The number of carbonyl (C=O) groups is 2. The minimum atomic E-state index is -0.0145. The SMILES string of the molecule is CCN(CC)C(=O)Sc1ccccc1C=O. The van der Waals surface area contributed by atoms with Crippen molar-refractivity contribution in [3.05, 3.63) is 29.8 Å². The second kappa shape index (κ2) is 6.33. The first-order chi connectivity index (χ1) is 7.72. The van der Waals surface area contributed by atoms with E-state index in [-0.39, 0.29) is 5.24 Å². The average molecular weight is 237 g/mol. The van der Waals surface area contributed by atoms with Crippen molar-refractivity contribution >= 4 is 23.3 Å². The molecule has 0 bridgehead atoms. The van der Waals surface area contributed by atoms with Crippen molar-refractivity contribution in [2.24, 2.45) is 0 Å². The molecule has 0 heterocycles. The van der Waals surface area contributed by atoms with Crippen LogP contribution >= 0.6 is 11.8 Å². The first-order valence-corrected chi connectivity index (χ1v) is 6.05. The third kappa shape index (κ3) is 3.10. The fourth-order valence-electron chi connectivity index (χ4n) is 1.31. The molecular formula is C12H15NO2S.